The first-order valence-electron chi connectivity index (χ1n) is 7.21. The minimum Gasteiger partial charge on any atom is -0.371 e. The van der Waals surface area contributed by atoms with E-state index in [9.17, 15) is 0 Å². The molecule has 1 aliphatic rings. The summed E-state index contributed by atoms with van der Waals surface area (Å²) in [6.07, 6.45) is 1.92. The van der Waals surface area contributed by atoms with E-state index in [1.54, 1.807) is 0 Å². The summed E-state index contributed by atoms with van der Waals surface area (Å²) in [7, 11) is 1.98. The second-order valence-corrected chi connectivity index (χ2v) is 6.04. The first kappa shape index (κ1) is 14.6. The molecule has 1 saturated heterocycles. The average molecular weight is 306 g/mol. The number of benzene rings is 1. The second-order valence-electron chi connectivity index (χ2n) is 5.60. The smallest absolute Gasteiger partial charge is 0.0953 e. The van der Waals surface area contributed by atoms with Crippen LogP contribution in [0.15, 0.2) is 36.5 Å². The van der Waals surface area contributed by atoms with Gasteiger partial charge in [-0.15, -0.1) is 0 Å². The topological polar surface area (TPSA) is 30.3 Å². The van der Waals surface area contributed by atoms with Gasteiger partial charge in [-0.1, -0.05) is 23.7 Å². The summed E-state index contributed by atoms with van der Waals surface area (Å²) >= 11 is 6.08. The third-order valence-electron chi connectivity index (χ3n) is 4.07. The predicted molar refractivity (Wildman–Crippen MR) is 83.2 cm³/mol. The molecular formula is C16H20ClN3O. The molecule has 1 aliphatic heterocycles. The van der Waals surface area contributed by atoms with Crippen LogP contribution in [0.1, 0.15) is 24.3 Å². The van der Waals surface area contributed by atoms with Crippen molar-refractivity contribution in [1.82, 2.24) is 14.7 Å². The molecule has 1 aromatic carbocycles. The third kappa shape index (κ3) is 3.28. The van der Waals surface area contributed by atoms with E-state index in [0.717, 1.165) is 30.3 Å². The molecule has 2 aromatic rings. The fourth-order valence-corrected chi connectivity index (χ4v) is 2.90. The van der Waals surface area contributed by atoms with Crippen LogP contribution < -0.4 is 0 Å². The molecule has 3 rings (SSSR count). The number of ether oxygens (including phenoxy) is 1. The Morgan fingerprint density at radius 3 is 2.95 bits per heavy atom. The van der Waals surface area contributed by atoms with E-state index in [2.05, 4.69) is 29.1 Å². The van der Waals surface area contributed by atoms with Crippen LogP contribution >= 0.6 is 11.6 Å². The molecule has 1 fully saturated rings. The van der Waals surface area contributed by atoms with Crippen molar-refractivity contribution in [2.75, 3.05) is 13.2 Å². The first-order chi connectivity index (χ1) is 10.1. The number of hydrogen-bond acceptors (Lipinski definition) is 3. The summed E-state index contributed by atoms with van der Waals surface area (Å²) in [5, 5.41) is 4.99. The van der Waals surface area contributed by atoms with Gasteiger partial charge in [-0.3, -0.25) is 9.58 Å². The molecule has 0 aliphatic carbocycles. The SMILES string of the molecule is C[C@@H]1CO[C@H](c2cccc(Cl)c2)CN1Cc1ccnn1C. The van der Waals surface area contributed by atoms with Crippen LogP contribution in [-0.2, 0) is 18.3 Å². The zero-order valence-electron chi connectivity index (χ0n) is 12.4. The molecule has 4 nitrogen and oxygen atoms in total. The highest BCUT2D eigenvalue weighted by Gasteiger charge is 2.27. The molecule has 0 radical (unpaired) electrons. The van der Waals surface area contributed by atoms with E-state index in [-0.39, 0.29) is 6.10 Å². The molecule has 0 amide bonds. The maximum Gasteiger partial charge on any atom is 0.0953 e. The molecule has 2 atom stereocenters. The summed E-state index contributed by atoms with van der Waals surface area (Å²) in [5.74, 6) is 0. The number of nitrogens with zero attached hydrogens (tertiary/aromatic N) is 3. The Hall–Kier alpha value is -1.36. The molecule has 0 spiro atoms. The third-order valence-corrected chi connectivity index (χ3v) is 4.31. The van der Waals surface area contributed by atoms with Crippen molar-refractivity contribution in [3.8, 4) is 0 Å². The Bertz CT molecular complexity index is 613. The van der Waals surface area contributed by atoms with Gasteiger partial charge >= 0.3 is 0 Å². The Labute approximate surface area is 130 Å². The van der Waals surface area contributed by atoms with Gasteiger partial charge in [0, 0.05) is 37.4 Å². The quantitative estimate of drug-likeness (QED) is 0.873. The van der Waals surface area contributed by atoms with E-state index in [1.165, 1.54) is 5.69 Å². The van der Waals surface area contributed by atoms with Gasteiger partial charge in [0.2, 0.25) is 0 Å². The molecule has 2 heterocycles. The standard InChI is InChI=1S/C16H20ClN3O/c1-12-11-21-16(13-4-3-5-14(17)8-13)10-20(12)9-15-6-7-18-19(15)2/h3-8,12,16H,9-11H2,1-2H3/t12-,16+/m1/s1. The highest BCUT2D eigenvalue weighted by Crippen LogP contribution is 2.27. The monoisotopic (exact) mass is 305 g/mol. The van der Waals surface area contributed by atoms with Gasteiger partial charge < -0.3 is 4.74 Å². The fraction of sp³-hybridized carbons (Fsp3) is 0.438. The van der Waals surface area contributed by atoms with Gasteiger partial charge in [-0.05, 0) is 30.7 Å². The van der Waals surface area contributed by atoms with Crippen molar-refractivity contribution >= 4 is 11.6 Å². The van der Waals surface area contributed by atoms with Crippen molar-refractivity contribution in [3.63, 3.8) is 0 Å². The number of aromatic nitrogens is 2. The van der Waals surface area contributed by atoms with Crippen LogP contribution in [0.25, 0.3) is 0 Å². The van der Waals surface area contributed by atoms with Crippen LogP contribution in [-0.4, -0.2) is 33.9 Å². The van der Waals surface area contributed by atoms with Crippen LogP contribution in [0.5, 0.6) is 0 Å². The first-order valence-corrected chi connectivity index (χ1v) is 7.59. The highest BCUT2D eigenvalue weighted by atomic mass is 35.5. The van der Waals surface area contributed by atoms with E-state index in [0.29, 0.717) is 6.04 Å². The number of hydrogen-bond donors (Lipinski definition) is 0. The maximum atomic E-state index is 6.08. The molecule has 0 N–H and O–H groups in total. The van der Waals surface area contributed by atoms with Crippen LogP contribution in [0.3, 0.4) is 0 Å². The largest absolute Gasteiger partial charge is 0.371 e. The molecule has 5 heteroatoms. The predicted octanol–water partition coefficient (Wildman–Crippen LogP) is 3.04. The van der Waals surface area contributed by atoms with E-state index < -0.39 is 0 Å². The molecule has 21 heavy (non-hydrogen) atoms. The van der Waals surface area contributed by atoms with Crippen LogP contribution in [0.4, 0.5) is 0 Å². The van der Waals surface area contributed by atoms with Gasteiger partial charge in [0.05, 0.1) is 18.4 Å². The fourth-order valence-electron chi connectivity index (χ4n) is 2.70. The van der Waals surface area contributed by atoms with Crippen molar-refractivity contribution < 1.29 is 4.74 Å². The van der Waals surface area contributed by atoms with Crippen molar-refractivity contribution in [2.45, 2.75) is 25.6 Å². The summed E-state index contributed by atoms with van der Waals surface area (Å²) in [6, 6.07) is 10.4. The second kappa shape index (κ2) is 6.18. The molecule has 112 valence electrons. The van der Waals surface area contributed by atoms with Crippen molar-refractivity contribution in [1.29, 1.82) is 0 Å². The molecular weight excluding hydrogens is 286 g/mol. The molecule has 0 unspecified atom stereocenters. The zero-order valence-corrected chi connectivity index (χ0v) is 13.1. The Morgan fingerprint density at radius 2 is 2.24 bits per heavy atom. The van der Waals surface area contributed by atoms with Gasteiger partial charge in [-0.25, -0.2) is 0 Å². The average Bonchev–Trinajstić information content (AvgIpc) is 2.87. The molecule has 0 bridgehead atoms. The van der Waals surface area contributed by atoms with Gasteiger partial charge in [0.25, 0.3) is 0 Å². The lowest BCUT2D eigenvalue weighted by Crippen LogP contribution is -2.44. The normalized spacial score (nSPS) is 23.4. The van der Waals surface area contributed by atoms with E-state index in [4.69, 9.17) is 16.3 Å². The number of aryl methyl sites for hydroxylation is 1. The van der Waals surface area contributed by atoms with Gasteiger partial charge in [0.15, 0.2) is 0 Å². The van der Waals surface area contributed by atoms with E-state index >= 15 is 0 Å². The Kier molecular flexibility index (Phi) is 4.29. The lowest BCUT2D eigenvalue weighted by Gasteiger charge is -2.38. The lowest BCUT2D eigenvalue weighted by molar-refractivity contribution is -0.0639. The van der Waals surface area contributed by atoms with Crippen molar-refractivity contribution in [3.05, 3.63) is 52.8 Å². The van der Waals surface area contributed by atoms with Gasteiger partial charge in [0.1, 0.15) is 0 Å². The van der Waals surface area contributed by atoms with Gasteiger partial charge in [-0.2, -0.15) is 5.10 Å². The molecule has 1 aromatic heterocycles. The Morgan fingerprint density at radius 1 is 1.38 bits per heavy atom. The minimum atomic E-state index is 0.0770. The van der Waals surface area contributed by atoms with Crippen LogP contribution in [0.2, 0.25) is 5.02 Å². The number of halogens is 1. The minimum absolute atomic E-state index is 0.0770. The van der Waals surface area contributed by atoms with E-state index in [1.807, 2.05) is 36.1 Å². The van der Waals surface area contributed by atoms with Crippen LogP contribution in [0, 0.1) is 0 Å². The Balaban J connectivity index is 1.74. The molecule has 0 saturated carbocycles. The lowest BCUT2D eigenvalue weighted by atomic mass is 10.1. The number of rotatable bonds is 3. The zero-order chi connectivity index (χ0) is 14.8. The number of morpholine rings is 1. The maximum absolute atomic E-state index is 6.08. The summed E-state index contributed by atoms with van der Waals surface area (Å²) in [6.45, 7) is 4.68. The highest BCUT2D eigenvalue weighted by molar-refractivity contribution is 6.30. The summed E-state index contributed by atoms with van der Waals surface area (Å²) in [4.78, 5) is 2.44. The summed E-state index contributed by atoms with van der Waals surface area (Å²) in [5.41, 5.74) is 2.36. The van der Waals surface area contributed by atoms with Crippen molar-refractivity contribution in [2.24, 2.45) is 7.05 Å². The summed E-state index contributed by atoms with van der Waals surface area (Å²) < 4.78 is 7.92.